The maximum Gasteiger partial charge on any atom is 0.269 e. The molecule has 9 heteroatoms. The number of rotatable bonds is 8. The number of hydrogen-bond donors (Lipinski definition) is 1. The van der Waals surface area contributed by atoms with Crippen LogP contribution in [0.15, 0.2) is 60.7 Å². The van der Waals surface area contributed by atoms with E-state index in [1.165, 1.54) is 11.0 Å². The quantitative estimate of drug-likeness (QED) is 0.333. The van der Waals surface area contributed by atoms with E-state index in [9.17, 15) is 19.7 Å². The average Bonchev–Trinajstić information content (AvgIpc) is 2.90. The van der Waals surface area contributed by atoms with Crippen molar-refractivity contribution in [1.29, 1.82) is 0 Å². The van der Waals surface area contributed by atoms with E-state index in [1.54, 1.807) is 50.2 Å². The van der Waals surface area contributed by atoms with Gasteiger partial charge in [-0.25, -0.2) is 0 Å². The van der Waals surface area contributed by atoms with Gasteiger partial charge in [0.2, 0.25) is 0 Å². The van der Waals surface area contributed by atoms with Crippen LogP contribution < -0.4 is 10.1 Å². The zero-order chi connectivity index (χ0) is 28.3. The molecule has 0 saturated heterocycles. The van der Waals surface area contributed by atoms with Crippen molar-refractivity contribution in [2.75, 3.05) is 26.0 Å². The van der Waals surface area contributed by atoms with Crippen LogP contribution in [-0.4, -0.2) is 59.3 Å². The average molecular weight is 531 g/mol. The molecule has 0 bridgehead atoms. The van der Waals surface area contributed by atoms with Gasteiger partial charge in [-0.1, -0.05) is 23.3 Å². The number of carbonyl (C=O) groups excluding carboxylic acids is 2. The predicted octanol–water partition coefficient (Wildman–Crippen LogP) is 4.75. The third-order valence-electron chi connectivity index (χ3n) is 6.86. The van der Waals surface area contributed by atoms with Gasteiger partial charge in [0, 0.05) is 50.6 Å². The molecule has 1 aliphatic heterocycles. The van der Waals surface area contributed by atoms with Crippen molar-refractivity contribution in [2.24, 2.45) is 0 Å². The molecule has 2 atom stereocenters. The Kier molecular flexibility index (Phi) is 8.18. The highest BCUT2D eigenvalue weighted by Gasteiger charge is 2.31. The lowest BCUT2D eigenvalue weighted by atomic mass is 9.92. The zero-order valence-electron chi connectivity index (χ0n) is 22.9. The first kappa shape index (κ1) is 27.6. The Morgan fingerprint density at radius 1 is 1.05 bits per heavy atom. The highest BCUT2D eigenvalue weighted by molar-refractivity contribution is 5.95. The first-order valence-electron chi connectivity index (χ1n) is 12.9. The smallest absolute Gasteiger partial charge is 0.269 e. The molecule has 2 amide bonds. The largest absolute Gasteiger partial charge is 0.481 e. The SMILES string of the molecule is Cc1cc(C)cc(C(=O)N2Cc3cc([N+](=O)[O-])ccc3CC2CNc2ccc(OC(C)C(=O)N(C)C)cc2)c1. The van der Waals surface area contributed by atoms with Crippen LogP contribution in [0.4, 0.5) is 11.4 Å². The van der Waals surface area contributed by atoms with Gasteiger partial charge in [0.1, 0.15) is 5.75 Å². The summed E-state index contributed by atoms with van der Waals surface area (Å²) < 4.78 is 5.75. The van der Waals surface area contributed by atoms with Crippen molar-refractivity contribution in [2.45, 2.75) is 45.9 Å². The molecular weight excluding hydrogens is 496 g/mol. The van der Waals surface area contributed by atoms with E-state index in [0.717, 1.165) is 27.9 Å². The summed E-state index contributed by atoms with van der Waals surface area (Å²) in [6.07, 6.45) is -0.0239. The van der Waals surface area contributed by atoms with Crippen molar-refractivity contribution >= 4 is 23.2 Å². The van der Waals surface area contributed by atoms with Gasteiger partial charge in [-0.15, -0.1) is 0 Å². The molecule has 1 aliphatic rings. The third-order valence-corrected chi connectivity index (χ3v) is 6.86. The van der Waals surface area contributed by atoms with E-state index in [0.29, 0.717) is 30.8 Å². The second kappa shape index (κ2) is 11.6. The highest BCUT2D eigenvalue weighted by atomic mass is 16.6. The van der Waals surface area contributed by atoms with Crippen LogP contribution in [0.25, 0.3) is 0 Å². The van der Waals surface area contributed by atoms with Crippen LogP contribution in [-0.2, 0) is 17.8 Å². The molecule has 204 valence electrons. The highest BCUT2D eigenvalue weighted by Crippen LogP contribution is 2.29. The van der Waals surface area contributed by atoms with Gasteiger partial charge in [-0.3, -0.25) is 19.7 Å². The maximum atomic E-state index is 13.7. The minimum absolute atomic E-state index is 0.0213. The molecule has 3 aromatic carbocycles. The summed E-state index contributed by atoms with van der Waals surface area (Å²) in [5, 5.41) is 14.8. The van der Waals surface area contributed by atoms with E-state index in [4.69, 9.17) is 4.74 Å². The fourth-order valence-electron chi connectivity index (χ4n) is 4.94. The molecule has 0 fully saturated rings. The summed E-state index contributed by atoms with van der Waals surface area (Å²) in [5.74, 6) is 0.366. The molecule has 1 N–H and O–H groups in total. The van der Waals surface area contributed by atoms with E-state index in [1.807, 2.05) is 44.2 Å². The number of non-ortho nitro benzene ring substituents is 1. The summed E-state index contributed by atoms with van der Waals surface area (Å²) in [5.41, 5.74) is 5.28. The van der Waals surface area contributed by atoms with Crippen LogP contribution in [0, 0.1) is 24.0 Å². The monoisotopic (exact) mass is 530 g/mol. The summed E-state index contributed by atoms with van der Waals surface area (Å²) in [6.45, 7) is 6.41. The number of hydrogen-bond acceptors (Lipinski definition) is 6. The summed E-state index contributed by atoms with van der Waals surface area (Å²) >= 11 is 0. The first-order valence-corrected chi connectivity index (χ1v) is 12.9. The Hall–Kier alpha value is -4.40. The number of ether oxygens (including phenoxy) is 1. The zero-order valence-corrected chi connectivity index (χ0v) is 22.9. The van der Waals surface area contributed by atoms with Gasteiger partial charge < -0.3 is 19.9 Å². The van der Waals surface area contributed by atoms with E-state index < -0.39 is 11.0 Å². The Morgan fingerprint density at radius 3 is 2.33 bits per heavy atom. The van der Waals surface area contributed by atoms with E-state index in [2.05, 4.69) is 5.32 Å². The number of benzene rings is 3. The molecule has 1 heterocycles. The lowest BCUT2D eigenvalue weighted by Gasteiger charge is -2.37. The lowest BCUT2D eigenvalue weighted by Crippen LogP contribution is -2.47. The van der Waals surface area contributed by atoms with Crippen molar-refractivity contribution in [1.82, 2.24) is 9.80 Å². The molecule has 39 heavy (non-hydrogen) atoms. The molecule has 0 radical (unpaired) electrons. The third kappa shape index (κ3) is 6.54. The van der Waals surface area contributed by atoms with Gasteiger partial charge in [-0.05, 0) is 74.7 Å². The number of carbonyl (C=O) groups is 2. The lowest BCUT2D eigenvalue weighted by molar-refractivity contribution is -0.385. The summed E-state index contributed by atoms with van der Waals surface area (Å²) in [7, 11) is 3.38. The Morgan fingerprint density at radius 2 is 1.72 bits per heavy atom. The van der Waals surface area contributed by atoms with Crippen LogP contribution in [0.5, 0.6) is 5.75 Å². The number of anilines is 1. The van der Waals surface area contributed by atoms with E-state index in [-0.39, 0.29) is 23.5 Å². The number of nitrogens with one attached hydrogen (secondary N) is 1. The van der Waals surface area contributed by atoms with Gasteiger partial charge in [0.25, 0.3) is 17.5 Å². The molecule has 4 rings (SSSR count). The first-order chi connectivity index (χ1) is 18.5. The Balaban J connectivity index is 1.53. The molecule has 0 saturated carbocycles. The second-order valence-electron chi connectivity index (χ2n) is 10.3. The van der Waals surface area contributed by atoms with Gasteiger partial charge in [0.15, 0.2) is 6.10 Å². The topological polar surface area (TPSA) is 105 Å². The summed E-state index contributed by atoms with van der Waals surface area (Å²) in [4.78, 5) is 40.0. The standard InChI is InChI=1S/C30H34N4O5/c1-19-12-20(2)14-23(13-19)30(36)33-18-24-16-26(34(37)38)9-6-22(24)15-27(33)17-31-25-7-10-28(11-8-25)39-21(3)29(35)32(4)5/h6-14,16,21,27,31H,15,17-18H2,1-5H3. The molecule has 9 nitrogen and oxygen atoms in total. The maximum absolute atomic E-state index is 13.7. The molecule has 0 aliphatic carbocycles. The van der Waals surface area contributed by atoms with Gasteiger partial charge >= 0.3 is 0 Å². The van der Waals surface area contributed by atoms with Gasteiger partial charge in [0.05, 0.1) is 11.0 Å². The molecule has 0 spiro atoms. The fraction of sp³-hybridized carbons (Fsp3) is 0.333. The fourth-order valence-corrected chi connectivity index (χ4v) is 4.94. The van der Waals surface area contributed by atoms with Crippen molar-refractivity contribution in [3.63, 3.8) is 0 Å². The van der Waals surface area contributed by atoms with Crippen molar-refractivity contribution < 1.29 is 19.2 Å². The number of aryl methyl sites for hydroxylation is 2. The second-order valence-corrected chi connectivity index (χ2v) is 10.3. The van der Waals surface area contributed by atoms with Crippen LogP contribution in [0.2, 0.25) is 0 Å². The van der Waals surface area contributed by atoms with Crippen molar-refractivity contribution in [3.8, 4) is 5.75 Å². The summed E-state index contributed by atoms with van der Waals surface area (Å²) in [6, 6.07) is 17.8. The minimum Gasteiger partial charge on any atom is -0.481 e. The minimum atomic E-state index is -0.596. The number of fused-ring (bicyclic) bond motifs is 1. The molecule has 3 aromatic rings. The van der Waals surface area contributed by atoms with Crippen LogP contribution in [0.1, 0.15) is 39.5 Å². The number of nitro groups is 1. The van der Waals surface area contributed by atoms with Crippen molar-refractivity contribution in [3.05, 3.63) is 98.6 Å². The number of likely N-dealkylation sites (N-methyl/N-ethyl adjacent to an activating group) is 1. The normalized spacial score (nSPS) is 15.2. The molecule has 2 unspecified atom stereocenters. The van der Waals surface area contributed by atoms with E-state index >= 15 is 0 Å². The number of amides is 2. The Labute approximate surface area is 228 Å². The Bertz CT molecular complexity index is 1370. The van der Waals surface area contributed by atoms with Crippen LogP contribution >= 0.6 is 0 Å². The predicted molar refractivity (Wildman–Crippen MR) is 150 cm³/mol. The number of nitro benzene ring substituents is 1. The van der Waals surface area contributed by atoms with Crippen LogP contribution in [0.3, 0.4) is 0 Å². The number of nitrogens with zero attached hydrogens (tertiary/aromatic N) is 3. The van der Waals surface area contributed by atoms with Gasteiger partial charge in [-0.2, -0.15) is 0 Å². The molecule has 0 aromatic heterocycles. The molecular formula is C30H34N4O5.